The number of anilines is 1. The van der Waals surface area contributed by atoms with Crippen molar-refractivity contribution in [2.75, 3.05) is 4.90 Å². The van der Waals surface area contributed by atoms with E-state index < -0.39 is 0 Å². The van der Waals surface area contributed by atoms with Crippen LogP contribution in [0.25, 0.3) is 5.82 Å². The molecule has 0 amide bonds. The molecular weight excluding hydrogens is 466 g/mol. The molecule has 6 nitrogen and oxygen atoms in total. The van der Waals surface area contributed by atoms with Gasteiger partial charge in [0.05, 0.1) is 23.9 Å². The van der Waals surface area contributed by atoms with Gasteiger partial charge in [-0.05, 0) is 113 Å². The third-order valence-corrected chi connectivity index (χ3v) is 6.82. The zero-order chi connectivity index (χ0) is 25.4. The molecule has 0 aliphatic carbocycles. The predicted octanol–water partition coefficient (Wildman–Crippen LogP) is 6.16. The highest BCUT2D eigenvalue weighted by atomic mass is 32.1. The molecule has 1 aliphatic rings. The Morgan fingerprint density at radius 3 is 2.39 bits per heavy atom. The van der Waals surface area contributed by atoms with E-state index in [-0.39, 0.29) is 18.2 Å². The summed E-state index contributed by atoms with van der Waals surface area (Å²) in [5, 5.41) is 4.23. The van der Waals surface area contributed by atoms with E-state index in [4.69, 9.17) is 17.0 Å². The normalized spacial score (nSPS) is 17.5. The van der Waals surface area contributed by atoms with Crippen molar-refractivity contribution in [2.45, 2.75) is 52.8 Å². The SMILES string of the molecule is Cc1ccnc(-n2c(C)cc([C@@H]3[C@@H](c4ccccn4)NC(=S)N3c3ccc(OC(C)C)cc3)c2C)c1. The van der Waals surface area contributed by atoms with Gasteiger partial charge in [-0.2, -0.15) is 0 Å². The number of thiocarbonyl (C=S) groups is 1. The minimum atomic E-state index is -0.107. The van der Waals surface area contributed by atoms with Gasteiger partial charge < -0.3 is 19.5 Å². The molecule has 1 fully saturated rings. The molecule has 3 aromatic heterocycles. The van der Waals surface area contributed by atoms with Crippen molar-refractivity contribution >= 4 is 23.0 Å². The van der Waals surface area contributed by atoms with Crippen molar-refractivity contribution in [2.24, 2.45) is 0 Å². The summed E-state index contributed by atoms with van der Waals surface area (Å²) in [6, 6.07) is 20.3. The number of hydrogen-bond donors (Lipinski definition) is 1. The van der Waals surface area contributed by atoms with Gasteiger partial charge in [-0.25, -0.2) is 4.98 Å². The van der Waals surface area contributed by atoms with Crippen molar-refractivity contribution < 1.29 is 4.74 Å². The van der Waals surface area contributed by atoms with Crippen LogP contribution in [-0.2, 0) is 0 Å². The fourth-order valence-electron chi connectivity index (χ4n) is 4.99. The van der Waals surface area contributed by atoms with Gasteiger partial charge in [0.1, 0.15) is 11.6 Å². The Hall–Kier alpha value is -3.71. The first-order valence-electron chi connectivity index (χ1n) is 12.2. The van der Waals surface area contributed by atoms with E-state index in [1.54, 1.807) is 0 Å². The Morgan fingerprint density at radius 2 is 1.72 bits per heavy atom. The summed E-state index contributed by atoms with van der Waals surface area (Å²) >= 11 is 5.91. The highest BCUT2D eigenvalue weighted by Crippen LogP contribution is 2.44. The van der Waals surface area contributed by atoms with Crippen LogP contribution in [0.4, 0.5) is 5.69 Å². The Kier molecular flexibility index (Phi) is 6.49. The third kappa shape index (κ3) is 4.46. The summed E-state index contributed by atoms with van der Waals surface area (Å²) in [7, 11) is 0. The minimum Gasteiger partial charge on any atom is -0.491 e. The lowest BCUT2D eigenvalue weighted by Gasteiger charge is -2.28. The van der Waals surface area contributed by atoms with Crippen molar-refractivity contribution in [1.82, 2.24) is 19.9 Å². The maximum absolute atomic E-state index is 5.91. The predicted molar refractivity (Wildman–Crippen MR) is 148 cm³/mol. The average Bonchev–Trinajstić information content (AvgIpc) is 3.35. The number of aryl methyl sites for hydroxylation is 2. The number of hydrogen-bond acceptors (Lipinski definition) is 4. The van der Waals surface area contributed by atoms with E-state index in [1.807, 2.05) is 56.6 Å². The Balaban J connectivity index is 1.63. The van der Waals surface area contributed by atoms with Gasteiger partial charge >= 0.3 is 0 Å². The summed E-state index contributed by atoms with van der Waals surface area (Å²) in [5.74, 6) is 1.76. The van der Waals surface area contributed by atoms with Crippen LogP contribution in [0.15, 0.2) is 73.1 Å². The number of nitrogens with one attached hydrogen (secondary N) is 1. The van der Waals surface area contributed by atoms with Gasteiger partial charge in [0, 0.05) is 29.5 Å². The first kappa shape index (κ1) is 24.0. The molecule has 1 saturated heterocycles. The molecule has 0 unspecified atom stereocenters. The van der Waals surface area contributed by atoms with Crippen LogP contribution in [0.1, 0.15) is 54.1 Å². The van der Waals surface area contributed by atoms with Crippen LogP contribution < -0.4 is 15.0 Å². The van der Waals surface area contributed by atoms with Crippen LogP contribution in [0.5, 0.6) is 5.75 Å². The lowest BCUT2D eigenvalue weighted by atomic mass is 9.96. The number of pyridine rings is 2. The summed E-state index contributed by atoms with van der Waals surface area (Å²) in [5.41, 5.74) is 6.57. The monoisotopic (exact) mass is 497 g/mol. The second-order valence-electron chi connectivity index (χ2n) is 9.51. The molecule has 5 rings (SSSR count). The molecule has 184 valence electrons. The number of ether oxygens (including phenoxy) is 1. The van der Waals surface area contributed by atoms with Gasteiger partial charge in [-0.3, -0.25) is 4.98 Å². The smallest absolute Gasteiger partial charge is 0.174 e. The van der Waals surface area contributed by atoms with Crippen LogP contribution >= 0.6 is 12.2 Å². The van der Waals surface area contributed by atoms with Gasteiger partial charge in [-0.15, -0.1) is 0 Å². The topological polar surface area (TPSA) is 55.2 Å². The fourth-order valence-corrected chi connectivity index (χ4v) is 5.33. The van der Waals surface area contributed by atoms with E-state index >= 15 is 0 Å². The zero-order valence-corrected chi connectivity index (χ0v) is 22.1. The minimum absolute atomic E-state index is 0.0889. The molecule has 2 atom stereocenters. The van der Waals surface area contributed by atoms with Gasteiger partial charge in [0.25, 0.3) is 0 Å². The van der Waals surface area contributed by atoms with Crippen molar-refractivity contribution in [1.29, 1.82) is 0 Å². The average molecular weight is 498 g/mol. The summed E-state index contributed by atoms with van der Waals surface area (Å²) < 4.78 is 8.09. The summed E-state index contributed by atoms with van der Waals surface area (Å²) in [4.78, 5) is 11.5. The molecule has 0 saturated carbocycles. The highest BCUT2D eigenvalue weighted by Gasteiger charge is 2.42. The summed E-state index contributed by atoms with van der Waals surface area (Å²) in [6.07, 6.45) is 3.81. The van der Waals surface area contributed by atoms with E-state index in [0.29, 0.717) is 5.11 Å². The maximum Gasteiger partial charge on any atom is 0.174 e. The molecule has 0 bridgehead atoms. The quantitative estimate of drug-likeness (QED) is 0.322. The lowest BCUT2D eigenvalue weighted by Crippen LogP contribution is -2.29. The van der Waals surface area contributed by atoms with Crippen molar-refractivity contribution in [3.05, 3.63) is 101 Å². The largest absolute Gasteiger partial charge is 0.491 e. The summed E-state index contributed by atoms with van der Waals surface area (Å²) in [6.45, 7) is 10.4. The van der Waals surface area contributed by atoms with Gasteiger partial charge in [0.15, 0.2) is 5.11 Å². The molecule has 0 spiro atoms. The molecule has 1 aromatic carbocycles. The van der Waals surface area contributed by atoms with E-state index in [2.05, 4.69) is 75.9 Å². The van der Waals surface area contributed by atoms with Crippen LogP contribution in [0.3, 0.4) is 0 Å². The highest BCUT2D eigenvalue weighted by molar-refractivity contribution is 7.80. The van der Waals surface area contributed by atoms with Gasteiger partial charge in [0.2, 0.25) is 0 Å². The van der Waals surface area contributed by atoms with E-state index in [1.165, 1.54) is 11.1 Å². The first-order chi connectivity index (χ1) is 17.3. The molecular formula is C29H31N5OS. The van der Waals surface area contributed by atoms with Crippen molar-refractivity contribution in [3.63, 3.8) is 0 Å². The fraction of sp³-hybridized carbons (Fsp3) is 0.276. The Labute approximate surface area is 218 Å². The zero-order valence-electron chi connectivity index (χ0n) is 21.3. The number of aromatic nitrogens is 3. The Morgan fingerprint density at radius 1 is 0.944 bits per heavy atom. The van der Waals surface area contributed by atoms with E-state index in [9.17, 15) is 0 Å². The van der Waals surface area contributed by atoms with Gasteiger partial charge in [-0.1, -0.05) is 6.07 Å². The number of rotatable bonds is 6. The standard InChI is InChI=1S/C29H31N5OS/c1-18(2)35-23-11-9-22(10-12-23)34-28(27(32-29(34)36)25-8-6-7-14-30-25)24-17-20(4)33(21(24)5)26-16-19(3)13-15-31-26/h6-18,27-28H,1-5H3,(H,32,36)/t27-,28-/m1/s1. The van der Waals surface area contributed by atoms with Crippen LogP contribution in [-0.4, -0.2) is 25.8 Å². The Bertz CT molecular complexity index is 1380. The number of benzene rings is 1. The van der Waals surface area contributed by atoms with E-state index in [0.717, 1.165) is 34.3 Å². The number of nitrogens with zero attached hydrogens (tertiary/aromatic N) is 4. The molecule has 1 N–H and O–H groups in total. The molecule has 4 aromatic rings. The van der Waals surface area contributed by atoms with Crippen molar-refractivity contribution in [3.8, 4) is 11.6 Å². The lowest BCUT2D eigenvalue weighted by molar-refractivity contribution is 0.242. The second kappa shape index (κ2) is 9.74. The molecule has 0 radical (unpaired) electrons. The molecule has 36 heavy (non-hydrogen) atoms. The molecule has 1 aliphatic heterocycles. The molecule has 4 heterocycles. The molecule has 7 heteroatoms. The maximum atomic E-state index is 5.91. The third-order valence-electron chi connectivity index (χ3n) is 6.50. The van der Waals surface area contributed by atoms with Crippen LogP contribution in [0, 0.1) is 20.8 Å². The van der Waals surface area contributed by atoms with Crippen LogP contribution in [0.2, 0.25) is 0 Å². The first-order valence-corrected chi connectivity index (χ1v) is 12.6. The second-order valence-corrected chi connectivity index (χ2v) is 9.90.